The number of carboxylic acids is 1. The quantitative estimate of drug-likeness (QED) is 0.768. The van der Waals surface area contributed by atoms with Crippen LogP contribution in [-0.4, -0.2) is 31.5 Å². The Balaban J connectivity index is 2.46. The van der Waals surface area contributed by atoms with Crippen molar-refractivity contribution in [3.8, 4) is 11.4 Å². The van der Waals surface area contributed by atoms with Gasteiger partial charge in [0.15, 0.2) is 0 Å². The van der Waals surface area contributed by atoms with Gasteiger partial charge in [-0.1, -0.05) is 0 Å². The van der Waals surface area contributed by atoms with Crippen LogP contribution in [0.15, 0.2) is 30.6 Å². The zero-order valence-electron chi connectivity index (χ0n) is 7.53. The van der Waals surface area contributed by atoms with Gasteiger partial charge in [-0.15, -0.1) is 10.2 Å². The number of aromatic carboxylic acids is 1. The largest absolute Gasteiger partial charge is 0.478 e. The van der Waals surface area contributed by atoms with Crippen LogP contribution in [-0.2, 0) is 0 Å². The summed E-state index contributed by atoms with van der Waals surface area (Å²) < 4.78 is 0. The van der Waals surface area contributed by atoms with Gasteiger partial charge in [0.1, 0.15) is 5.69 Å². The molecule has 0 aliphatic rings. The number of pyridine rings is 1. The fourth-order valence-electron chi connectivity index (χ4n) is 1.08. The Morgan fingerprint density at radius 1 is 1.20 bits per heavy atom. The maximum Gasteiger partial charge on any atom is 0.335 e. The minimum atomic E-state index is -0.999. The van der Waals surface area contributed by atoms with Crippen LogP contribution in [0.4, 0.5) is 0 Å². The normalized spacial score (nSPS) is 9.87. The third kappa shape index (κ3) is 1.93. The van der Waals surface area contributed by atoms with Gasteiger partial charge in [0, 0.05) is 6.20 Å². The molecule has 0 saturated heterocycles. The first kappa shape index (κ1) is 9.20. The van der Waals surface area contributed by atoms with E-state index in [0.29, 0.717) is 11.4 Å². The number of rotatable bonds is 2. The van der Waals surface area contributed by atoms with E-state index in [9.17, 15) is 4.79 Å². The van der Waals surface area contributed by atoms with Crippen molar-refractivity contribution in [1.82, 2.24) is 20.4 Å². The molecule has 0 spiro atoms. The Morgan fingerprint density at radius 3 is 2.73 bits per heavy atom. The molecule has 0 unspecified atom stereocenters. The van der Waals surface area contributed by atoms with Gasteiger partial charge >= 0.3 is 5.97 Å². The Bertz CT molecular complexity index is 486. The molecule has 0 bridgehead atoms. The highest BCUT2D eigenvalue weighted by molar-refractivity contribution is 5.88. The summed E-state index contributed by atoms with van der Waals surface area (Å²) in [5.74, 6) is -0.999. The molecule has 0 saturated carbocycles. The third-order valence-corrected chi connectivity index (χ3v) is 1.77. The molecule has 0 aliphatic carbocycles. The van der Waals surface area contributed by atoms with Gasteiger partial charge in [0.05, 0.1) is 17.5 Å². The van der Waals surface area contributed by atoms with Crippen LogP contribution in [0.25, 0.3) is 11.4 Å². The molecule has 15 heavy (non-hydrogen) atoms. The zero-order valence-corrected chi connectivity index (χ0v) is 7.53. The summed E-state index contributed by atoms with van der Waals surface area (Å²) in [6.45, 7) is 0. The van der Waals surface area contributed by atoms with Crippen molar-refractivity contribution in [1.29, 1.82) is 0 Å². The van der Waals surface area contributed by atoms with E-state index < -0.39 is 5.97 Å². The Hall–Kier alpha value is -2.37. The number of carbonyl (C=O) groups is 1. The lowest BCUT2D eigenvalue weighted by molar-refractivity contribution is 0.0697. The molecule has 6 nitrogen and oxygen atoms in total. The number of carboxylic acid groups (broad SMARTS) is 1. The summed E-state index contributed by atoms with van der Waals surface area (Å²) in [5, 5.41) is 19.5. The number of hydrogen-bond acceptors (Lipinski definition) is 5. The van der Waals surface area contributed by atoms with Crippen molar-refractivity contribution in [2.24, 2.45) is 0 Å². The van der Waals surface area contributed by atoms with E-state index in [1.54, 1.807) is 6.07 Å². The van der Waals surface area contributed by atoms with Crippen LogP contribution in [0.5, 0.6) is 0 Å². The SMILES string of the molecule is O=C(O)c1ccnc(-c2ccnnn2)c1. The van der Waals surface area contributed by atoms with E-state index >= 15 is 0 Å². The molecule has 2 aromatic rings. The maximum atomic E-state index is 10.7. The second kappa shape index (κ2) is 3.79. The van der Waals surface area contributed by atoms with Crippen LogP contribution in [0.2, 0.25) is 0 Å². The van der Waals surface area contributed by atoms with Gasteiger partial charge in [0.25, 0.3) is 0 Å². The average molecular weight is 202 g/mol. The van der Waals surface area contributed by atoms with Gasteiger partial charge in [-0.05, 0) is 23.4 Å². The van der Waals surface area contributed by atoms with Gasteiger partial charge in [0.2, 0.25) is 0 Å². The highest BCUT2D eigenvalue weighted by Gasteiger charge is 2.06. The minimum absolute atomic E-state index is 0.165. The summed E-state index contributed by atoms with van der Waals surface area (Å²) in [6.07, 6.45) is 2.89. The van der Waals surface area contributed by atoms with E-state index in [4.69, 9.17) is 5.11 Å². The second-order valence-electron chi connectivity index (χ2n) is 2.74. The second-order valence-corrected chi connectivity index (χ2v) is 2.74. The number of nitrogens with zero attached hydrogens (tertiary/aromatic N) is 4. The molecule has 6 heteroatoms. The molecular weight excluding hydrogens is 196 g/mol. The predicted molar refractivity (Wildman–Crippen MR) is 50.0 cm³/mol. The van der Waals surface area contributed by atoms with Crippen molar-refractivity contribution in [2.45, 2.75) is 0 Å². The summed E-state index contributed by atoms with van der Waals surface area (Å²) >= 11 is 0. The van der Waals surface area contributed by atoms with Crippen LogP contribution in [0.3, 0.4) is 0 Å². The van der Waals surface area contributed by atoms with Crippen LogP contribution < -0.4 is 0 Å². The van der Waals surface area contributed by atoms with E-state index in [2.05, 4.69) is 20.4 Å². The van der Waals surface area contributed by atoms with Crippen LogP contribution >= 0.6 is 0 Å². The first-order chi connectivity index (χ1) is 7.27. The third-order valence-electron chi connectivity index (χ3n) is 1.77. The molecule has 0 radical (unpaired) electrons. The maximum absolute atomic E-state index is 10.7. The van der Waals surface area contributed by atoms with E-state index in [-0.39, 0.29) is 5.56 Å². The fourth-order valence-corrected chi connectivity index (χ4v) is 1.08. The summed E-state index contributed by atoms with van der Waals surface area (Å²) in [6, 6.07) is 4.47. The molecule has 0 atom stereocenters. The topological polar surface area (TPSA) is 88.9 Å². The molecule has 74 valence electrons. The Kier molecular flexibility index (Phi) is 2.32. The fraction of sp³-hybridized carbons (Fsp3) is 0. The van der Waals surface area contributed by atoms with Gasteiger partial charge in [-0.25, -0.2) is 4.79 Å². The lowest BCUT2D eigenvalue weighted by Gasteiger charge is -1.98. The first-order valence-electron chi connectivity index (χ1n) is 4.11. The lowest BCUT2D eigenvalue weighted by Crippen LogP contribution is -1.98. The average Bonchev–Trinajstić information content (AvgIpc) is 2.30. The monoisotopic (exact) mass is 202 g/mol. The Labute approximate surface area is 84.6 Å². The number of hydrogen-bond donors (Lipinski definition) is 1. The van der Waals surface area contributed by atoms with Gasteiger partial charge in [-0.2, -0.15) is 0 Å². The van der Waals surface area contributed by atoms with Gasteiger partial charge in [-0.3, -0.25) is 4.98 Å². The smallest absolute Gasteiger partial charge is 0.335 e. The van der Waals surface area contributed by atoms with Crippen molar-refractivity contribution in [3.63, 3.8) is 0 Å². The van der Waals surface area contributed by atoms with Crippen molar-refractivity contribution in [2.75, 3.05) is 0 Å². The minimum Gasteiger partial charge on any atom is -0.478 e. The molecule has 2 aromatic heterocycles. The molecule has 0 fully saturated rings. The zero-order chi connectivity index (χ0) is 10.7. The molecule has 0 amide bonds. The van der Waals surface area contributed by atoms with Crippen molar-refractivity contribution < 1.29 is 9.90 Å². The lowest BCUT2D eigenvalue weighted by atomic mass is 10.2. The number of aromatic nitrogens is 4. The molecule has 0 aromatic carbocycles. The van der Waals surface area contributed by atoms with E-state index in [1.165, 1.54) is 24.5 Å². The summed E-state index contributed by atoms with van der Waals surface area (Å²) in [4.78, 5) is 14.7. The van der Waals surface area contributed by atoms with Crippen LogP contribution in [0, 0.1) is 0 Å². The highest BCUT2D eigenvalue weighted by Crippen LogP contribution is 2.13. The molecule has 2 rings (SSSR count). The summed E-state index contributed by atoms with van der Waals surface area (Å²) in [5.41, 5.74) is 1.12. The molecular formula is C9H6N4O2. The van der Waals surface area contributed by atoms with Crippen molar-refractivity contribution >= 4 is 5.97 Å². The van der Waals surface area contributed by atoms with Crippen LogP contribution in [0.1, 0.15) is 10.4 Å². The van der Waals surface area contributed by atoms with E-state index in [0.717, 1.165) is 0 Å². The summed E-state index contributed by atoms with van der Waals surface area (Å²) in [7, 11) is 0. The van der Waals surface area contributed by atoms with Gasteiger partial charge < -0.3 is 5.11 Å². The van der Waals surface area contributed by atoms with Crippen molar-refractivity contribution in [3.05, 3.63) is 36.2 Å². The highest BCUT2D eigenvalue weighted by atomic mass is 16.4. The molecule has 1 N–H and O–H groups in total. The molecule has 0 aliphatic heterocycles. The predicted octanol–water partition coefficient (Wildman–Crippen LogP) is 0.632. The Morgan fingerprint density at radius 2 is 2.07 bits per heavy atom. The standard InChI is InChI=1S/C9H6N4O2/c14-9(15)6-1-3-10-8(5-6)7-2-4-11-13-12-7/h1-5H,(H,14,15). The molecule has 2 heterocycles. The van der Waals surface area contributed by atoms with E-state index in [1.807, 2.05) is 0 Å². The first-order valence-corrected chi connectivity index (χ1v) is 4.11.